The van der Waals surface area contributed by atoms with Crippen molar-refractivity contribution in [1.82, 2.24) is 20.1 Å². The van der Waals surface area contributed by atoms with Gasteiger partial charge in [0.1, 0.15) is 0 Å². The van der Waals surface area contributed by atoms with E-state index in [4.69, 9.17) is 11.6 Å². The smallest absolute Gasteiger partial charge is 0.230 e. The second-order valence-electron chi connectivity index (χ2n) is 6.51. The zero-order valence-electron chi connectivity index (χ0n) is 16.7. The van der Waals surface area contributed by atoms with Crippen LogP contribution < -0.4 is 5.32 Å². The fourth-order valence-corrected chi connectivity index (χ4v) is 4.35. The Morgan fingerprint density at radius 2 is 1.87 bits per heavy atom. The summed E-state index contributed by atoms with van der Waals surface area (Å²) in [6.45, 7) is 7.06. The largest absolute Gasteiger partial charge is 0.355 e. The summed E-state index contributed by atoms with van der Waals surface area (Å²) < 4.78 is 1.95. The van der Waals surface area contributed by atoms with E-state index in [0.29, 0.717) is 23.3 Å². The van der Waals surface area contributed by atoms with Crippen LogP contribution in [0, 0.1) is 6.92 Å². The Labute approximate surface area is 190 Å². The lowest BCUT2D eigenvalue weighted by Gasteiger charge is -2.08. The Morgan fingerprint density at radius 3 is 2.57 bits per heavy atom. The molecule has 5 nitrogen and oxygen atoms in total. The van der Waals surface area contributed by atoms with Crippen LogP contribution in [0.5, 0.6) is 0 Å². The molecular formula is C22H23ClN4OS2. The molecule has 0 spiro atoms. The Hall–Kier alpha value is -2.22. The SMILES string of the molecule is C=CCn1c(SCC(=O)NCCSc2ccc(C)cc2)nnc1-c1ccc(Cl)cc1. The van der Waals surface area contributed by atoms with Crippen LogP contribution in [0.15, 0.2) is 71.2 Å². The van der Waals surface area contributed by atoms with Crippen LogP contribution >= 0.6 is 35.1 Å². The average molecular weight is 459 g/mol. The highest BCUT2D eigenvalue weighted by Gasteiger charge is 2.15. The van der Waals surface area contributed by atoms with Crippen molar-refractivity contribution >= 4 is 41.0 Å². The van der Waals surface area contributed by atoms with Crippen molar-refractivity contribution in [1.29, 1.82) is 0 Å². The lowest BCUT2D eigenvalue weighted by molar-refractivity contribution is -0.118. The van der Waals surface area contributed by atoms with Gasteiger partial charge in [-0.2, -0.15) is 0 Å². The van der Waals surface area contributed by atoms with E-state index in [2.05, 4.69) is 53.3 Å². The Balaban J connectivity index is 1.50. The number of carbonyl (C=O) groups excluding carboxylic acids is 1. The van der Waals surface area contributed by atoms with Gasteiger partial charge in [-0.15, -0.1) is 28.5 Å². The number of aryl methyl sites for hydroxylation is 1. The first-order chi connectivity index (χ1) is 14.6. The molecule has 1 amide bonds. The number of thioether (sulfide) groups is 2. The van der Waals surface area contributed by atoms with Crippen LogP contribution in [0.1, 0.15) is 5.56 Å². The van der Waals surface area contributed by atoms with Crippen molar-refractivity contribution in [2.24, 2.45) is 0 Å². The lowest BCUT2D eigenvalue weighted by atomic mass is 10.2. The quantitative estimate of drug-likeness (QED) is 0.260. The molecule has 0 aliphatic rings. The van der Waals surface area contributed by atoms with Crippen molar-refractivity contribution in [3.63, 3.8) is 0 Å². The van der Waals surface area contributed by atoms with E-state index in [1.165, 1.54) is 22.2 Å². The molecule has 1 heterocycles. The van der Waals surface area contributed by atoms with Crippen LogP contribution in [0.3, 0.4) is 0 Å². The molecular weight excluding hydrogens is 436 g/mol. The third kappa shape index (κ3) is 6.39. The first-order valence-electron chi connectivity index (χ1n) is 9.46. The molecule has 1 N–H and O–H groups in total. The van der Waals surface area contributed by atoms with Gasteiger partial charge in [0.15, 0.2) is 11.0 Å². The van der Waals surface area contributed by atoms with Gasteiger partial charge in [-0.25, -0.2) is 0 Å². The summed E-state index contributed by atoms with van der Waals surface area (Å²) in [5.41, 5.74) is 2.16. The molecule has 0 saturated carbocycles. The molecule has 156 valence electrons. The van der Waals surface area contributed by atoms with E-state index >= 15 is 0 Å². The molecule has 8 heteroatoms. The zero-order valence-corrected chi connectivity index (χ0v) is 19.1. The predicted octanol–water partition coefficient (Wildman–Crippen LogP) is 5.09. The normalized spacial score (nSPS) is 10.7. The molecule has 0 fully saturated rings. The minimum Gasteiger partial charge on any atom is -0.355 e. The van der Waals surface area contributed by atoms with Crippen molar-refractivity contribution < 1.29 is 4.79 Å². The van der Waals surface area contributed by atoms with Crippen molar-refractivity contribution in [2.75, 3.05) is 18.1 Å². The molecule has 0 aliphatic heterocycles. The monoisotopic (exact) mass is 458 g/mol. The summed E-state index contributed by atoms with van der Waals surface area (Å²) in [6, 6.07) is 15.8. The van der Waals surface area contributed by atoms with Gasteiger partial charge in [-0.05, 0) is 43.3 Å². The number of hydrogen-bond donors (Lipinski definition) is 1. The third-order valence-corrected chi connectivity index (χ3v) is 6.41. The van der Waals surface area contributed by atoms with Gasteiger partial charge in [-0.1, -0.05) is 47.1 Å². The molecule has 3 aromatic rings. The highest BCUT2D eigenvalue weighted by molar-refractivity contribution is 7.99. The van der Waals surface area contributed by atoms with Crippen molar-refractivity contribution in [3.8, 4) is 11.4 Å². The summed E-state index contributed by atoms with van der Waals surface area (Å²) in [4.78, 5) is 13.4. The summed E-state index contributed by atoms with van der Waals surface area (Å²) in [7, 11) is 0. The number of amides is 1. The highest BCUT2D eigenvalue weighted by atomic mass is 35.5. The molecule has 2 aromatic carbocycles. The van der Waals surface area contributed by atoms with Crippen molar-refractivity contribution in [2.45, 2.75) is 23.5 Å². The van der Waals surface area contributed by atoms with Crippen LogP contribution in [-0.4, -0.2) is 38.7 Å². The number of nitrogens with zero attached hydrogens (tertiary/aromatic N) is 3. The maximum absolute atomic E-state index is 12.2. The molecule has 0 saturated heterocycles. The van der Waals surface area contributed by atoms with Gasteiger partial charge in [0, 0.05) is 34.3 Å². The maximum Gasteiger partial charge on any atom is 0.230 e. The molecule has 0 unspecified atom stereocenters. The van der Waals surface area contributed by atoms with E-state index in [0.717, 1.165) is 17.1 Å². The second kappa shape index (κ2) is 11.2. The number of carbonyl (C=O) groups is 1. The number of rotatable bonds is 10. The minimum atomic E-state index is -0.0225. The maximum atomic E-state index is 12.2. The summed E-state index contributed by atoms with van der Waals surface area (Å²) in [5.74, 6) is 1.81. The van der Waals surface area contributed by atoms with Crippen LogP contribution in [0.25, 0.3) is 11.4 Å². The Bertz CT molecular complexity index is 987. The number of benzene rings is 2. The summed E-state index contributed by atoms with van der Waals surface area (Å²) >= 11 is 9.07. The topological polar surface area (TPSA) is 59.8 Å². The number of aromatic nitrogens is 3. The zero-order chi connectivity index (χ0) is 21.3. The van der Waals surface area contributed by atoms with Gasteiger partial charge in [0.05, 0.1) is 5.75 Å². The average Bonchev–Trinajstić information content (AvgIpc) is 3.14. The summed E-state index contributed by atoms with van der Waals surface area (Å²) in [5, 5.41) is 12.9. The van der Waals surface area contributed by atoms with Gasteiger partial charge < -0.3 is 5.32 Å². The summed E-state index contributed by atoms with van der Waals surface area (Å²) in [6.07, 6.45) is 1.79. The molecule has 3 rings (SSSR count). The molecule has 0 radical (unpaired) electrons. The van der Waals surface area contributed by atoms with Crippen molar-refractivity contribution in [3.05, 3.63) is 71.8 Å². The van der Waals surface area contributed by atoms with E-state index in [1.54, 1.807) is 17.8 Å². The Morgan fingerprint density at radius 1 is 1.13 bits per heavy atom. The second-order valence-corrected chi connectivity index (χ2v) is 9.06. The fraction of sp³-hybridized carbons (Fsp3) is 0.227. The molecule has 0 bridgehead atoms. The van der Waals surface area contributed by atoms with Crippen LogP contribution in [-0.2, 0) is 11.3 Å². The fourth-order valence-electron chi connectivity index (χ4n) is 2.68. The molecule has 0 aliphatic carbocycles. The number of hydrogen-bond acceptors (Lipinski definition) is 5. The predicted molar refractivity (Wildman–Crippen MR) is 126 cm³/mol. The molecule has 0 atom stereocenters. The van der Waals surface area contributed by atoms with E-state index < -0.39 is 0 Å². The first-order valence-corrected chi connectivity index (χ1v) is 11.8. The lowest BCUT2D eigenvalue weighted by Crippen LogP contribution is -2.27. The van der Waals surface area contributed by atoms with Gasteiger partial charge in [0.25, 0.3) is 0 Å². The number of halogens is 1. The molecule has 30 heavy (non-hydrogen) atoms. The Kier molecular flexibility index (Phi) is 8.42. The van der Waals surface area contributed by atoms with E-state index in [-0.39, 0.29) is 11.7 Å². The number of nitrogens with one attached hydrogen (secondary N) is 1. The third-order valence-electron chi connectivity index (χ3n) is 4.18. The van der Waals surface area contributed by atoms with Crippen LogP contribution in [0.2, 0.25) is 5.02 Å². The first kappa shape index (κ1) is 22.5. The van der Waals surface area contributed by atoms with E-state index in [9.17, 15) is 4.79 Å². The highest BCUT2D eigenvalue weighted by Crippen LogP contribution is 2.25. The minimum absolute atomic E-state index is 0.0225. The number of allylic oxidation sites excluding steroid dienone is 1. The van der Waals surface area contributed by atoms with Gasteiger partial charge in [0.2, 0.25) is 5.91 Å². The molecule has 1 aromatic heterocycles. The standard InChI is InChI=1S/C22H23ClN4OS2/c1-3-13-27-21(17-6-8-18(23)9-7-17)25-26-22(27)30-15-20(28)24-12-14-29-19-10-4-16(2)5-11-19/h3-11H,1,12-15H2,2H3,(H,24,28). The van der Waals surface area contributed by atoms with Gasteiger partial charge >= 0.3 is 0 Å². The van der Waals surface area contributed by atoms with E-state index in [1.807, 2.05) is 28.8 Å². The van der Waals surface area contributed by atoms with Crippen LogP contribution in [0.4, 0.5) is 0 Å². The van der Waals surface area contributed by atoms with Gasteiger partial charge in [-0.3, -0.25) is 9.36 Å².